The van der Waals surface area contributed by atoms with Gasteiger partial charge < -0.3 is 10.2 Å². The zero-order chi connectivity index (χ0) is 18.7. The maximum atomic E-state index is 12.6. The molecule has 0 radical (unpaired) electrons. The Kier molecular flexibility index (Phi) is 6.22. The van der Waals surface area contributed by atoms with Crippen molar-refractivity contribution in [3.63, 3.8) is 0 Å². The maximum Gasteiger partial charge on any atom is 0.255 e. The van der Waals surface area contributed by atoms with E-state index in [-0.39, 0.29) is 17.7 Å². The monoisotopic (exact) mass is 454 g/mol. The molecule has 0 aromatic heterocycles. The molecule has 0 unspecified atom stereocenters. The summed E-state index contributed by atoms with van der Waals surface area (Å²) in [4.78, 5) is 26.8. The normalized spacial score (nSPS) is 15.0. The van der Waals surface area contributed by atoms with Crippen molar-refractivity contribution in [1.29, 1.82) is 0 Å². The Morgan fingerprint density at radius 1 is 1.04 bits per heavy atom. The van der Waals surface area contributed by atoms with E-state index in [1.807, 2.05) is 24.3 Å². The van der Waals surface area contributed by atoms with Gasteiger partial charge in [0.15, 0.2) is 0 Å². The molecule has 2 amide bonds. The number of hydrogen-bond acceptors (Lipinski definition) is 2. The molecule has 1 aliphatic rings. The van der Waals surface area contributed by atoms with E-state index in [4.69, 9.17) is 23.2 Å². The van der Waals surface area contributed by atoms with Gasteiger partial charge in [0.25, 0.3) is 5.91 Å². The Balaban J connectivity index is 1.57. The summed E-state index contributed by atoms with van der Waals surface area (Å²) >= 11 is 15.4. The standard InChI is InChI=1S/C19H17BrCl2N2O2/c20-13-1-4-15(5-2-13)23-18(25)12-7-9-24(10-8-12)19(26)16-6-3-14(21)11-17(16)22/h1-6,11-12H,7-10H2,(H,23,25). The molecule has 1 heterocycles. The number of nitrogens with one attached hydrogen (secondary N) is 1. The second-order valence-corrected chi connectivity index (χ2v) is 7.95. The first kappa shape index (κ1) is 19.2. The molecule has 26 heavy (non-hydrogen) atoms. The molecule has 0 aliphatic carbocycles. The average molecular weight is 456 g/mol. The lowest BCUT2D eigenvalue weighted by molar-refractivity contribution is -0.121. The van der Waals surface area contributed by atoms with Crippen LogP contribution in [-0.2, 0) is 4.79 Å². The highest BCUT2D eigenvalue weighted by molar-refractivity contribution is 9.10. The predicted molar refractivity (Wildman–Crippen MR) is 108 cm³/mol. The third-order valence-electron chi connectivity index (χ3n) is 4.43. The molecular weight excluding hydrogens is 439 g/mol. The lowest BCUT2D eigenvalue weighted by atomic mass is 9.95. The van der Waals surface area contributed by atoms with E-state index in [1.165, 1.54) is 0 Å². The smallest absolute Gasteiger partial charge is 0.255 e. The highest BCUT2D eigenvalue weighted by Gasteiger charge is 2.28. The fourth-order valence-corrected chi connectivity index (χ4v) is 3.71. The minimum Gasteiger partial charge on any atom is -0.339 e. The van der Waals surface area contributed by atoms with Crippen molar-refractivity contribution in [2.75, 3.05) is 18.4 Å². The fraction of sp³-hybridized carbons (Fsp3) is 0.263. The van der Waals surface area contributed by atoms with E-state index in [0.717, 1.165) is 10.2 Å². The molecular formula is C19H17BrCl2N2O2. The maximum absolute atomic E-state index is 12.6. The fourth-order valence-electron chi connectivity index (χ4n) is 2.96. The molecule has 1 aliphatic heterocycles. The van der Waals surface area contributed by atoms with Gasteiger partial charge in [-0.05, 0) is 55.3 Å². The number of halogens is 3. The number of benzene rings is 2. The Morgan fingerprint density at radius 2 is 1.69 bits per heavy atom. The van der Waals surface area contributed by atoms with Crippen LogP contribution in [0, 0.1) is 5.92 Å². The summed E-state index contributed by atoms with van der Waals surface area (Å²) in [5, 5.41) is 3.77. The van der Waals surface area contributed by atoms with Crippen LogP contribution in [0.1, 0.15) is 23.2 Å². The van der Waals surface area contributed by atoms with Gasteiger partial charge >= 0.3 is 0 Å². The zero-order valence-corrected chi connectivity index (χ0v) is 16.9. The van der Waals surface area contributed by atoms with Crippen LogP contribution < -0.4 is 5.32 Å². The lowest BCUT2D eigenvalue weighted by Crippen LogP contribution is -2.41. The SMILES string of the molecule is O=C(Nc1ccc(Br)cc1)C1CCN(C(=O)c2ccc(Cl)cc2Cl)CC1. The molecule has 1 N–H and O–H groups in total. The van der Waals surface area contributed by atoms with Crippen molar-refractivity contribution in [2.45, 2.75) is 12.8 Å². The molecule has 1 saturated heterocycles. The van der Waals surface area contributed by atoms with Crippen LogP contribution in [0.3, 0.4) is 0 Å². The molecule has 4 nitrogen and oxygen atoms in total. The molecule has 0 spiro atoms. The third-order valence-corrected chi connectivity index (χ3v) is 5.50. The second kappa shape index (κ2) is 8.42. The molecule has 0 atom stereocenters. The van der Waals surface area contributed by atoms with E-state index in [0.29, 0.717) is 41.5 Å². The Labute approximate surface area is 170 Å². The highest BCUT2D eigenvalue weighted by Crippen LogP contribution is 2.25. The van der Waals surface area contributed by atoms with Crippen molar-refractivity contribution in [3.8, 4) is 0 Å². The van der Waals surface area contributed by atoms with Crippen molar-refractivity contribution in [3.05, 3.63) is 62.5 Å². The van der Waals surface area contributed by atoms with Gasteiger partial charge in [-0.3, -0.25) is 9.59 Å². The van der Waals surface area contributed by atoms with E-state index >= 15 is 0 Å². The predicted octanol–water partition coefficient (Wildman–Crippen LogP) is 5.25. The van der Waals surface area contributed by atoms with Gasteiger partial charge in [0.05, 0.1) is 10.6 Å². The number of likely N-dealkylation sites (tertiary alicyclic amines) is 1. The summed E-state index contributed by atoms with van der Waals surface area (Å²) in [6.07, 6.45) is 1.25. The third kappa shape index (κ3) is 4.58. The van der Waals surface area contributed by atoms with Gasteiger partial charge in [-0.25, -0.2) is 0 Å². The first-order valence-electron chi connectivity index (χ1n) is 8.25. The van der Waals surface area contributed by atoms with E-state index in [1.54, 1.807) is 23.1 Å². The summed E-state index contributed by atoms with van der Waals surface area (Å²) in [5.74, 6) is -0.245. The molecule has 0 bridgehead atoms. The van der Waals surface area contributed by atoms with Crippen LogP contribution >= 0.6 is 39.1 Å². The summed E-state index contributed by atoms with van der Waals surface area (Å²) in [7, 11) is 0. The van der Waals surface area contributed by atoms with Gasteiger partial charge in [0, 0.05) is 34.2 Å². The number of hydrogen-bond donors (Lipinski definition) is 1. The van der Waals surface area contributed by atoms with Crippen LogP contribution in [0.2, 0.25) is 10.0 Å². The zero-order valence-electron chi connectivity index (χ0n) is 13.8. The second-order valence-electron chi connectivity index (χ2n) is 6.19. The summed E-state index contributed by atoms with van der Waals surface area (Å²) in [6, 6.07) is 12.3. The molecule has 2 aromatic rings. The first-order chi connectivity index (χ1) is 12.4. The van der Waals surface area contributed by atoms with E-state index in [9.17, 15) is 9.59 Å². The van der Waals surface area contributed by atoms with Crippen molar-refractivity contribution in [1.82, 2.24) is 4.90 Å². The van der Waals surface area contributed by atoms with Crippen LogP contribution in [-0.4, -0.2) is 29.8 Å². The van der Waals surface area contributed by atoms with Crippen molar-refractivity contribution in [2.24, 2.45) is 5.92 Å². The lowest BCUT2D eigenvalue weighted by Gasteiger charge is -2.31. The number of amides is 2. The number of piperidine rings is 1. The minimum absolute atomic E-state index is 0.0102. The molecule has 136 valence electrons. The van der Waals surface area contributed by atoms with Gasteiger partial charge in [-0.1, -0.05) is 39.1 Å². The van der Waals surface area contributed by atoms with E-state index in [2.05, 4.69) is 21.2 Å². The van der Waals surface area contributed by atoms with Crippen LogP contribution in [0.5, 0.6) is 0 Å². The number of rotatable bonds is 3. The van der Waals surface area contributed by atoms with Gasteiger partial charge in [0.1, 0.15) is 0 Å². The van der Waals surface area contributed by atoms with E-state index < -0.39 is 0 Å². The quantitative estimate of drug-likeness (QED) is 0.687. The van der Waals surface area contributed by atoms with Crippen LogP contribution in [0.25, 0.3) is 0 Å². The minimum atomic E-state index is -0.126. The Bertz CT molecular complexity index is 819. The topological polar surface area (TPSA) is 49.4 Å². The number of anilines is 1. The molecule has 2 aromatic carbocycles. The van der Waals surface area contributed by atoms with Crippen molar-refractivity contribution < 1.29 is 9.59 Å². The van der Waals surface area contributed by atoms with Crippen LogP contribution in [0.4, 0.5) is 5.69 Å². The van der Waals surface area contributed by atoms with Gasteiger partial charge in [0.2, 0.25) is 5.91 Å². The largest absolute Gasteiger partial charge is 0.339 e. The Hall–Kier alpha value is -1.56. The van der Waals surface area contributed by atoms with Gasteiger partial charge in [-0.15, -0.1) is 0 Å². The average Bonchev–Trinajstić information content (AvgIpc) is 2.63. The first-order valence-corrected chi connectivity index (χ1v) is 9.79. The molecule has 7 heteroatoms. The van der Waals surface area contributed by atoms with Crippen LogP contribution in [0.15, 0.2) is 46.9 Å². The Morgan fingerprint density at radius 3 is 2.31 bits per heavy atom. The molecule has 1 fully saturated rings. The molecule has 0 saturated carbocycles. The number of carbonyl (C=O) groups excluding carboxylic acids is 2. The molecule has 3 rings (SSSR count). The number of carbonyl (C=O) groups is 2. The summed E-state index contributed by atoms with van der Waals surface area (Å²) in [5.41, 5.74) is 1.21. The summed E-state index contributed by atoms with van der Waals surface area (Å²) < 4.78 is 0.961. The van der Waals surface area contributed by atoms with Crippen molar-refractivity contribution >= 4 is 56.6 Å². The summed E-state index contributed by atoms with van der Waals surface area (Å²) in [6.45, 7) is 1.05. The number of nitrogens with zero attached hydrogens (tertiary/aromatic N) is 1. The van der Waals surface area contributed by atoms with Gasteiger partial charge in [-0.2, -0.15) is 0 Å². The highest BCUT2D eigenvalue weighted by atomic mass is 79.9.